The third kappa shape index (κ3) is 3.14. The van der Waals surface area contributed by atoms with E-state index in [0.29, 0.717) is 6.07 Å². The number of carbonyl (C=O) groups is 1. The molecule has 0 aliphatic heterocycles. The third-order valence-corrected chi connectivity index (χ3v) is 2.87. The number of ether oxygens (including phenoxy) is 1. The molecule has 0 saturated heterocycles. The van der Waals surface area contributed by atoms with Crippen molar-refractivity contribution in [1.82, 2.24) is 0 Å². The van der Waals surface area contributed by atoms with Crippen molar-refractivity contribution in [3.8, 4) is 5.75 Å². The molecule has 0 radical (unpaired) electrons. The molecule has 0 heterocycles. The monoisotopic (exact) mass is 333 g/mol. The molecule has 0 bridgehead atoms. The molecule has 2 aromatic rings. The highest BCUT2D eigenvalue weighted by atomic mass is 16.7. The van der Waals surface area contributed by atoms with Gasteiger partial charge < -0.3 is 4.74 Å². The molecule has 122 valence electrons. The predicted molar refractivity (Wildman–Crippen MR) is 77.8 cm³/mol. The maximum atomic E-state index is 11.9. The summed E-state index contributed by atoms with van der Waals surface area (Å²) in [6.07, 6.45) is 0. The first-order valence-electron chi connectivity index (χ1n) is 6.20. The van der Waals surface area contributed by atoms with Crippen LogP contribution in [0.3, 0.4) is 0 Å². The second kappa shape index (κ2) is 6.48. The van der Waals surface area contributed by atoms with Gasteiger partial charge in [-0.1, -0.05) is 18.2 Å². The Hall–Kier alpha value is -3.89. The average Bonchev–Trinajstić information content (AvgIpc) is 2.54. The van der Waals surface area contributed by atoms with Gasteiger partial charge >= 0.3 is 23.0 Å². The van der Waals surface area contributed by atoms with Crippen molar-refractivity contribution in [2.45, 2.75) is 0 Å². The number of hydrogen-bond donors (Lipinski definition) is 0. The lowest BCUT2D eigenvalue weighted by Gasteiger charge is -2.05. The van der Waals surface area contributed by atoms with Crippen LogP contribution < -0.4 is 4.74 Å². The molecule has 11 heteroatoms. The smallest absolute Gasteiger partial charge is 0.415 e. The minimum absolute atomic E-state index is 0.0489. The van der Waals surface area contributed by atoms with Gasteiger partial charge in [0.1, 0.15) is 0 Å². The molecule has 0 aliphatic carbocycles. The van der Waals surface area contributed by atoms with Crippen molar-refractivity contribution < 1.29 is 24.3 Å². The van der Waals surface area contributed by atoms with E-state index in [-0.39, 0.29) is 5.56 Å². The molecule has 0 N–H and O–H groups in total. The molecular weight excluding hydrogens is 326 g/mol. The van der Waals surface area contributed by atoms with Crippen molar-refractivity contribution in [2.24, 2.45) is 0 Å². The molecule has 24 heavy (non-hydrogen) atoms. The molecule has 0 aliphatic rings. The van der Waals surface area contributed by atoms with E-state index in [4.69, 9.17) is 4.74 Å². The third-order valence-electron chi connectivity index (χ3n) is 2.87. The summed E-state index contributed by atoms with van der Waals surface area (Å²) in [5, 5.41) is 33.0. The number of carbonyl (C=O) groups excluding carboxylic acids is 1. The van der Waals surface area contributed by atoms with Gasteiger partial charge in [-0.2, -0.15) is 0 Å². The normalized spacial score (nSPS) is 10.0. The Kier molecular flexibility index (Phi) is 4.45. The lowest BCUT2D eigenvalue weighted by Crippen LogP contribution is -2.11. The van der Waals surface area contributed by atoms with Crippen molar-refractivity contribution in [3.63, 3.8) is 0 Å². The molecule has 0 aromatic heterocycles. The minimum atomic E-state index is -1.36. The SMILES string of the molecule is O=C(Oc1ccc([N+](=O)[O-])c([N+](=O)[O-])c1[N+](=O)[O-])c1ccccc1. The van der Waals surface area contributed by atoms with Gasteiger partial charge in [0.25, 0.3) is 0 Å². The molecule has 0 atom stereocenters. The van der Waals surface area contributed by atoms with Crippen LogP contribution in [-0.4, -0.2) is 20.7 Å². The van der Waals surface area contributed by atoms with Crippen molar-refractivity contribution >= 4 is 23.0 Å². The van der Waals surface area contributed by atoms with Crippen LogP contribution in [0.4, 0.5) is 17.1 Å². The summed E-state index contributed by atoms with van der Waals surface area (Å²) >= 11 is 0. The zero-order valence-corrected chi connectivity index (χ0v) is 11.6. The summed E-state index contributed by atoms with van der Waals surface area (Å²) in [5.74, 6) is -1.76. The standard InChI is InChI=1S/C13H7N3O8/c17-13(8-4-2-1-3-5-8)24-10-7-6-9(14(18)19)11(15(20)21)12(10)16(22)23/h1-7H. The molecule has 0 amide bonds. The Morgan fingerprint density at radius 1 is 0.792 bits per heavy atom. The first kappa shape index (κ1) is 16.5. The molecular formula is C13H7N3O8. The Bertz CT molecular complexity index is 850. The van der Waals surface area contributed by atoms with E-state index in [0.717, 1.165) is 6.07 Å². The van der Waals surface area contributed by atoms with E-state index in [1.807, 2.05) is 0 Å². The van der Waals surface area contributed by atoms with E-state index in [1.54, 1.807) is 6.07 Å². The Balaban J connectivity index is 2.57. The highest BCUT2D eigenvalue weighted by Gasteiger charge is 2.40. The summed E-state index contributed by atoms with van der Waals surface area (Å²) < 4.78 is 4.81. The molecule has 11 nitrogen and oxygen atoms in total. The second-order valence-electron chi connectivity index (χ2n) is 4.31. The van der Waals surface area contributed by atoms with E-state index >= 15 is 0 Å². The fourth-order valence-corrected chi connectivity index (χ4v) is 1.87. The Morgan fingerprint density at radius 3 is 1.88 bits per heavy atom. The number of nitro groups is 3. The molecule has 0 fully saturated rings. The number of hydrogen-bond acceptors (Lipinski definition) is 8. The average molecular weight is 333 g/mol. The van der Waals surface area contributed by atoms with E-state index in [2.05, 4.69) is 0 Å². The van der Waals surface area contributed by atoms with Crippen LogP contribution in [0.1, 0.15) is 10.4 Å². The van der Waals surface area contributed by atoms with Gasteiger partial charge in [0.15, 0.2) is 0 Å². The first-order chi connectivity index (χ1) is 11.3. The van der Waals surface area contributed by atoms with Gasteiger partial charge in [-0.25, -0.2) is 4.79 Å². The van der Waals surface area contributed by atoms with Crippen LogP contribution in [0.15, 0.2) is 42.5 Å². The Labute approximate surface area is 132 Å². The molecule has 2 aromatic carbocycles. The number of nitrogens with zero attached hydrogens (tertiary/aromatic N) is 3. The van der Waals surface area contributed by atoms with Gasteiger partial charge in [-0.05, 0) is 18.2 Å². The first-order valence-corrected chi connectivity index (χ1v) is 6.20. The van der Waals surface area contributed by atoms with Gasteiger partial charge in [-0.15, -0.1) is 0 Å². The number of nitro benzene ring substituents is 3. The summed E-state index contributed by atoms with van der Waals surface area (Å²) in [4.78, 5) is 41.3. The summed E-state index contributed by atoms with van der Waals surface area (Å²) in [6.45, 7) is 0. The van der Waals surface area contributed by atoms with Crippen LogP contribution in [0, 0.1) is 30.3 Å². The highest BCUT2D eigenvalue weighted by Crippen LogP contribution is 2.43. The lowest BCUT2D eigenvalue weighted by molar-refractivity contribution is -0.441. The van der Waals surface area contributed by atoms with Crippen LogP contribution in [0.25, 0.3) is 0 Å². The minimum Gasteiger partial charge on any atom is -0.415 e. The van der Waals surface area contributed by atoms with Gasteiger partial charge in [0.05, 0.1) is 20.3 Å². The summed E-state index contributed by atoms with van der Waals surface area (Å²) in [6, 6.07) is 8.83. The van der Waals surface area contributed by atoms with Crippen LogP contribution in [0.5, 0.6) is 5.75 Å². The van der Waals surface area contributed by atoms with Gasteiger partial charge in [-0.3, -0.25) is 30.3 Å². The number of benzene rings is 2. The Morgan fingerprint density at radius 2 is 1.38 bits per heavy atom. The fraction of sp³-hybridized carbons (Fsp3) is 0. The molecule has 2 rings (SSSR count). The van der Waals surface area contributed by atoms with Crippen molar-refractivity contribution in [1.29, 1.82) is 0 Å². The van der Waals surface area contributed by atoms with E-state index in [1.165, 1.54) is 24.3 Å². The van der Waals surface area contributed by atoms with Crippen molar-refractivity contribution in [2.75, 3.05) is 0 Å². The van der Waals surface area contributed by atoms with Crippen molar-refractivity contribution in [3.05, 3.63) is 78.4 Å². The molecule has 0 spiro atoms. The van der Waals surface area contributed by atoms with Gasteiger partial charge in [0.2, 0.25) is 5.75 Å². The molecule has 0 saturated carbocycles. The maximum Gasteiger partial charge on any atom is 0.426 e. The van der Waals surface area contributed by atoms with E-state index < -0.39 is 43.6 Å². The van der Waals surface area contributed by atoms with E-state index in [9.17, 15) is 35.1 Å². The van der Waals surface area contributed by atoms with Gasteiger partial charge in [0, 0.05) is 6.07 Å². The lowest BCUT2D eigenvalue weighted by atomic mass is 10.2. The van der Waals surface area contributed by atoms with Crippen LogP contribution >= 0.6 is 0 Å². The highest BCUT2D eigenvalue weighted by molar-refractivity contribution is 5.92. The number of rotatable bonds is 5. The summed E-state index contributed by atoms with van der Waals surface area (Å²) in [5.41, 5.74) is -3.65. The maximum absolute atomic E-state index is 11.9. The zero-order chi connectivity index (χ0) is 17.9. The summed E-state index contributed by atoms with van der Waals surface area (Å²) in [7, 11) is 0. The van der Waals surface area contributed by atoms with Crippen LogP contribution in [0.2, 0.25) is 0 Å². The largest absolute Gasteiger partial charge is 0.426 e. The molecule has 0 unspecified atom stereocenters. The topological polar surface area (TPSA) is 156 Å². The zero-order valence-electron chi connectivity index (χ0n) is 11.6. The van der Waals surface area contributed by atoms with Crippen LogP contribution in [-0.2, 0) is 0 Å². The number of esters is 1. The second-order valence-corrected chi connectivity index (χ2v) is 4.31. The fourth-order valence-electron chi connectivity index (χ4n) is 1.87. The quantitative estimate of drug-likeness (QED) is 0.350. The predicted octanol–water partition coefficient (Wildman–Crippen LogP) is 2.63.